The molecule has 1 amide bonds. The van der Waals surface area contributed by atoms with Crippen LogP contribution in [0.4, 0.5) is 0 Å². The van der Waals surface area contributed by atoms with E-state index in [0.717, 1.165) is 28.0 Å². The summed E-state index contributed by atoms with van der Waals surface area (Å²) in [6, 6.07) is 15.3. The number of carbonyl (C=O) groups excluding carboxylic acids is 1. The lowest BCUT2D eigenvalue weighted by molar-refractivity contribution is 0.0929. The van der Waals surface area contributed by atoms with Gasteiger partial charge in [-0.15, -0.1) is 0 Å². The fourth-order valence-corrected chi connectivity index (χ4v) is 3.94. The van der Waals surface area contributed by atoms with Gasteiger partial charge in [0.25, 0.3) is 0 Å². The number of carbonyl (C=O) groups is 1. The van der Waals surface area contributed by atoms with Gasteiger partial charge in [-0.2, -0.15) is 5.10 Å². The zero-order chi connectivity index (χ0) is 21.4. The highest BCUT2D eigenvalue weighted by Crippen LogP contribution is 2.24. The second-order valence-electron chi connectivity index (χ2n) is 7.09. The molecule has 4 aromatic rings. The van der Waals surface area contributed by atoms with Gasteiger partial charge in [-0.1, -0.05) is 11.6 Å². The van der Waals surface area contributed by atoms with E-state index in [0.29, 0.717) is 10.6 Å². The van der Waals surface area contributed by atoms with Crippen LogP contribution >= 0.6 is 34.2 Å². The van der Waals surface area contributed by atoms with E-state index in [2.05, 4.69) is 69.7 Å². The quantitative estimate of drug-likeness (QED) is 0.194. The van der Waals surface area contributed by atoms with Crippen LogP contribution in [0.3, 0.4) is 0 Å². The zero-order valence-corrected chi connectivity index (χ0v) is 19.6. The summed E-state index contributed by atoms with van der Waals surface area (Å²) in [5.41, 5.74) is 8.54. The molecule has 0 fully saturated rings. The Kier molecular flexibility index (Phi) is 5.71. The Morgan fingerprint density at radius 1 is 1.13 bits per heavy atom. The van der Waals surface area contributed by atoms with Crippen LogP contribution in [0.15, 0.2) is 58.0 Å². The molecule has 5 nitrogen and oxygen atoms in total. The third kappa shape index (κ3) is 4.02. The number of hydrogen-bond acceptors (Lipinski definition) is 3. The number of amides is 1. The molecule has 0 aliphatic heterocycles. The lowest BCUT2D eigenvalue weighted by Crippen LogP contribution is -2.16. The highest BCUT2D eigenvalue weighted by Gasteiger charge is 2.13. The lowest BCUT2D eigenvalue weighted by Gasteiger charge is -2.11. The molecule has 4 rings (SSSR count). The molecule has 152 valence electrons. The summed E-state index contributed by atoms with van der Waals surface area (Å²) >= 11 is 8.31. The summed E-state index contributed by atoms with van der Waals surface area (Å²) in [6.45, 7) is 6.19. The summed E-state index contributed by atoms with van der Waals surface area (Å²) in [5.74, 6) is -0.232. The van der Waals surface area contributed by atoms with Crippen LogP contribution in [0.1, 0.15) is 33.1 Å². The van der Waals surface area contributed by atoms with Gasteiger partial charge in [0, 0.05) is 36.6 Å². The van der Waals surface area contributed by atoms with Crippen molar-refractivity contribution in [1.29, 1.82) is 0 Å². The van der Waals surface area contributed by atoms with Crippen LogP contribution in [0.2, 0.25) is 5.02 Å². The molecule has 2 aromatic heterocycles. The Balaban J connectivity index is 1.53. The van der Waals surface area contributed by atoms with Gasteiger partial charge in [-0.05, 0) is 97.5 Å². The first kappa shape index (κ1) is 20.7. The minimum Gasteiger partial charge on any atom is -0.451 e. The van der Waals surface area contributed by atoms with E-state index >= 15 is 0 Å². The monoisotopic (exact) mass is 531 g/mol. The Bertz CT molecular complexity index is 1300. The average molecular weight is 532 g/mol. The van der Waals surface area contributed by atoms with Gasteiger partial charge < -0.3 is 8.98 Å². The van der Waals surface area contributed by atoms with Gasteiger partial charge in [-0.25, -0.2) is 5.43 Å². The number of nitrogens with zero attached hydrogens (tertiary/aromatic N) is 2. The number of furan rings is 1. The normalized spacial score (nSPS) is 11.5. The van der Waals surface area contributed by atoms with Crippen LogP contribution in [0, 0.1) is 24.3 Å². The van der Waals surface area contributed by atoms with Crippen molar-refractivity contribution >= 4 is 57.3 Å². The SMILES string of the molecule is Cc1cc(-n2c(C)cc(/C=N\NC(=O)c3cc4cc(Cl)ccc4o3)c2C)ccc1I. The van der Waals surface area contributed by atoms with Gasteiger partial charge in [-0.3, -0.25) is 4.79 Å². The van der Waals surface area contributed by atoms with Crippen molar-refractivity contribution in [1.82, 2.24) is 9.99 Å². The average Bonchev–Trinajstić information content (AvgIpc) is 3.24. The predicted molar refractivity (Wildman–Crippen MR) is 129 cm³/mol. The number of hydrazone groups is 1. The second kappa shape index (κ2) is 8.28. The van der Waals surface area contributed by atoms with E-state index < -0.39 is 5.91 Å². The molecule has 0 saturated heterocycles. The molecule has 0 atom stereocenters. The molecule has 7 heteroatoms. The van der Waals surface area contributed by atoms with E-state index in [1.54, 1.807) is 30.5 Å². The number of fused-ring (bicyclic) bond motifs is 1. The summed E-state index contributed by atoms with van der Waals surface area (Å²) in [7, 11) is 0. The molecule has 30 heavy (non-hydrogen) atoms. The Hall–Kier alpha value is -2.58. The Morgan fingerprint density at radius 2 is 1.93 bits per heavy atom. The molecule has 0 radical (unpaired) electrons. The third-order valence-corrected chi connectivity index (χ3v) is 6.39. The number of nitrogens with one attached hydrogen (secondary N) is 1. The molecule has 0 aliphatic carbocycles. The van der Waals surface area contributed by atoms with Crippen molar-refractivity contribution in [3.8, 4) is 5.69 Å². The summed E-state index contributed by atoms with van der Waals surface area (Å²) < 4.78 is 8.97. The summed E-state index contributed by atoms with van der Waals surface area (Å²) in [4.78, 5) is 12.4. The third-order valence-electron chi connectivity index (χ3n) is 4.94. The van der Waals surface area contributed by atoms with E-state index in [1.165, 1.54) is 9.13 Å². The first-order valence-electron chi connectivity index (χ1n) is 9.31. The largest absolute Gasteiger partial charge is 0.451 e. The molecule has 0 saturated carbocycles. The van der Waals surface area contributed by atoms with E-state index in [9.17, 15) is 4.79 Å². The maximum absolute atomic E-state index is 12.4. The lowest BCUT2D eigenvalue weighted by atomic mass is 10.2. The minimum atomic E-state index is -0.416. The van der Waals surface area contributed by atoms with Crippen molar-refractivity contribution in [2.24, 2.45) is 5.10 Å². The fourth-order valence-electron chi connectivity index (χ4n) is 3.43. The van der Waals surface area contributed by atoms with Crippen LogP contribution in [-0.4, -0.2) is 16.7 Å². The number of halogens is 2. The maximum atomic E-state index is 12.4. The number of aromatic nitrogens is 1. The van der Waals surface area contributed by atoms with Gasteiger partial charge in [0.05, 0.1) is 6.21 Å². The van der Waals surface area contributed by atoms with Crippen molar-refractivity contribution < 1.29 is 9.21 Å². The van der Waals surface area contributed by atoms with E-state index in [-0.39, 0.29) is 5.76 Å². The molecule has 0 aliphatic rings. The number of rotatable bonds is 4. The van der Waals surface area contributed by atoms with Crippen molar-refractivity contribution in [2.45, 2.75) is 20.8 Å². The molecule has 2 heterocycles. The Morgan fingerprint density at radius 3 is 2.70 bits per heavy atom. The number of aryl methyl sites for hydroxylation is 2. The predicted octanol–water partition coefficient (Wildman–Crippen LogP) is 6.17. The standard InChI is InChI=1S/C23H19ClIN3O2/c1-13-8-19(5-6-20(13)25)28-14(2)9-17(15(28)3)12-26-27-23(29)22-11-16-10-18(24)4-7-21(16)30-22/h4-12H,1-3H3,(H,27,29)/b26-12-. The summed E-state index contributed by atoms with van der Waals surface area (Å²) in [5, 5.41) is 5.48. The Labute approximate surface area is 192 Å². The molecule has 0 spiro atoms. The van der Waals surface area contributed by atoms with Gasteiger partial charge in [0.15, 0.2) is 5.76 Å². The second-order valence-corrected chi connectivity index (χ2v) is 8.69. The number of benzene rings is 2. The van der Waals surface area contributed by atoms with Crippen molar-refractivity contribution in [2.75, 3.05) is 0 Å². The van der Waals surface area contributed by atoms with E-state index in [4.69, 9.17) is 16.0 Å². The van der Waals surface area contributed by atoms with Crippen LogP contribution in [0.25, 0.3) is 16.7 Å². The minimum absolute atomic E-state index is 0.184. The highest BCUT2D eigenvalue weighted by molar-refractivity contribution is 14.1. The highest BCUT2D eigenvalue weighted by atomic mass is 127. The first-order valence-corrected chi connectivity index (χ1v) is 10.8. The first-order chi connectivity index (χ1) is 14.3. The number of hydrogen-bond donors (Lipinski definition) is 1. The van der Waals surface area contributed by atoms with Gasteiger partial charge in [0.2, 0.25) is 0 Å². The van der Waals surface area contributed by atoms with Gasteiger partial charge >= 0.3 is 5.91 Å². The van der Waals surface area contributed by atoms with Crippen molar-refractivity contribution in [3.63, 3.8) is 0 Å². The van der Waals surface area contributed by atoms with Crippen LogP contribution in [-0.2, 0) is 0 Å². The zero-order valence-electron chi connectivity index (χ0n) is 16.7. The van der Waals surface area contributed by atoms with Crippen molar-refractivity contribution in [3.05, 3.63) is 85.4 Å². The molecule has 1 N–H and O–H groups in total. The maximum Gasteiger partial charge on any atom is 0.307 e. The van der Waals surface area contributed by atoms with Crippen LogP contribution < -0.4 is 5.43 Å². The smallest absolute Gasteiger partial charge is 0.307 e. The fraction of sp³-hybridized carbons (Fsp3) is 0.130. The van der Waals surface area contributed by atoms with E-state index in [1.807, 2.05) is 13.0 Å². The molecular weight excluding hydrogens is 513 g/mol. The molecule has 0 bridgehead atoms. The summed E-state index contributed by atoms with van der Waals surface area (Å²) in [6.07, 6.45) is 1.65. The van der Waals surface area contributed by atoms with Gasteiger partial charge in [0.1, 0.15) is 5.58 Å². The van der Waals surface area contributed by atoms with Crippen LogP contribution in [0.5, 0.6) is 0 Å². The molecule has 0 unspecified atom stereocenters. The molecular formula is C23H19ClIN3O2. The topological polar surface area (TPSA) is 59.5 Å². The molecule has 2 aromatic carbocycles.